The fourth-order valence-corrected chi connectivity index (χ4v) is 2.49. The molecule has 4 nitrogen and oxygen atoms in total. The maximum atomic E-state index is 6.33. The second kappa shape index (κ2) is 5.32. The lowest BCUT2D eigenvalue weighted by Gasteiger charge is -2.23. The standard InChI is InChI=1S/C17H17N3O/c1-20(14-7-3-4-8-16(14)21-2)15-10-9-13-12(17(15)18)6-5-11-19-13/h3-11H,18H2,1-2H3. The van der Waals surface area contributed by atoms with Crippen molar-refractivity contribution in [3.05, 3.63) is 54.7 Å². The Hall–Kier alpha value is -2.75. The molecule has 0 atom stereocenters. The number of hydrogen-bond acceptors (Lipinski definition) is 4. The first-order chi connectivity index (χ1) is 10.2. The first kappa shape index (κ1) is 13.2. The van der Waals surface area contributed by atoms with Gasteiger partial charge in [-0.15, -0.1) is 0 Å². The molecule has 0 aliphatic carbocycles. The number of hydrogen-bond donors (Lipinski definition) is 1. The van der Waals surface area contributed by atoms with Gasteiger partial charge in [-0.25, -0.2) is 0 Å². The van der Waals surface area contributed by atoms with E-state index in [0.29, 0.717) is 5.69 Å². The average Bonchev–Trinajstić information content (AvgIpc) is 2.55. The Morgan fingerprint density at radius 3 is 2.62 bits per heavy atom. The summed E-state index contributed by atoms with van der Waals surface area (Å²) in [7, 11) is 3.64. The van der Waals surface area contributed by atoms with Gasteiger partial charge in [0, 0.05) is 18.6 Å². The minimum absolute atomic E-state index is 0.717. The van der Waals surface area contributed by atoms with E-state index in [1.807, 2.05) is 60.5 Å². The van der Waals surface area contributed by atoms with E-state index in [1.165, 1.54) is 0 Å². The van der Waals surface area contributed by atoms with Gasteiger partial charge in [-0.2, -0.15) is 0 Å². The Morgan fingerprint density at radius 1 is 1.00 bits per heavy atom. The van der Waals surface area contributed by atoms with Crippen LogP contribution in [0.4, 0.5) is 17.1 Å². The monoisotopic (exact) mass is 279 g/mol. The molecule has 0 unspecified atom stereocenters. The number of nitrogens with zero attached hydrogens (tertiary/aromatic N) is 2. The van der Waals surface area contributed by atoms with Crippen molar-refractivity contribution in [3.8, 4) is 5.75 Å². The topological polar surface area (TPSA) is 51.4 Å². The maximum Gasteiger partial charge on any atom is 0.142 e. The predicted molar refractivity (Wildman–Crippen MR) is 87.2 cm³/mol. The number of methoxy groups -OCH3 is 1. The summed E-state index contributed by atoms with van der Waals surface area (Å²) in [6.07, 6.45) is 1.77. The van der Waals surface area contributed by atoms with Crippen LogP contribution < -0.4 is 15.4 Å². The molecule has 4 heteroatoms. The molecule has 3 rings (SSSR count). The fourth-order valence-electron chi connectivity index (χ4n) is 2.49. The smallest absolute Gasteiger partial charge is 0.142 e. The number of aromatic nitrogens is 1. The van der Waals surface area contributed by atoms with Crippen molar-refractivity contribution in [3.63, 3.8) is 0 Å². The van der Waals surface area contributed by atoms with Gasteiger partial charge < -0.3 is 15.4 Å². The number of benzene rings is 2. The molecule has 0 aliphatic rings. The highest BCUT2D eigenvalue weighted by molar-refractivity contribution is 5.98. The van der Waals surface area contributed by atoms with Gasteiger partial charge in [0.2, 0.25) is 0 Å². The van der Waals surface area contributed by atoms with E-state index in [0.717, 1.165) is 28.0 Å². The molecular formula is C17H17N3O. The Balaban J connectivity index is 2.13. The molecule has 0 amide bonds. The summed E-state index contributed by atoms with van der Waals surface area (Å²) in [4.78, 5) is 6.35. The van der Waals surface area contributed by atoms with E-state index < -0.39 is 0 Å². The van der Waals surface area contributed by atoms with Gasteiger partial charge in [0.25, 0.3) is 0 Å². The van der Waals surface area contributed by atoms with Crippen LogP contribution in [-0.4, -0.2) is 19.1 Å². The van der Waals surface area contributed by atoms with Crippen molar-refractivity contribution in [2.75, 3.05) is 24.8 Å². The lowest BCUT2D eigenvalue weighted by atomic mass is 10.1. The summed E-state index contributed by atoms with van der Waals surface area (Å²) in [6.45, 7) is 0. The molecule has 106 valence electrons. The van der Waals surface area contributed by atoms with Gasteiger partial charge in [0.1, 0.15) is 5.75 Å². The van der Waals surface area contributed by atoms with Gasteiger partial charge >= 0.3 is 0 Å². The summed E-state index contributed by atoms with van der Waals surface area (Å²) >= 11 is 0. The summed E-state index contributed by atoms with van der Waals surface area (Å²) < 4.78 is 5.42. The predicted octanol–water partition coefficient (Wildman–Crippen LogP) is 3.59. The van der Waals surface area contributed by atoms with E-state index in [2.05, 4.69) is 4.98 Å². The van der Waals surface area contributed by atoms with Crippen molar-refractivity contribution >= 4 is 28.0 Å². The highest BCUT2D eigenvalue weighted by Crippen LogP contribution is 2.37. The number of nitrogens with two attached hydrogens (primary N) is 1. The fraction of sp³-hybridized carbons (Fsp3) is 0.118. The number of anilines is 3. The normalized spacial score (nSPS) is 10.6. The number of pyridine rings is 1. The SMILES string of the molecule is COc1ccccc1N(C)c1ccc2ncccc2c1N. The molecule has 3 aromatic rings. The lowest BCUT2D eigenvalue weighted by Crippen LogP contribution is -2.12. The zero-order valence-corrected chi connectivity index (χ0v) is 12.1. The van der Waals surface area contributed by atoms with Gasteiger partial charge in [0.05, 0.1) is 29.7 Å². The van der Waals surface area contributed by atoms with Crippen LogP contribution >= 0.6 is 0 Å². The summed E-state index contributed by atoms with van der Waals surface area (Å²) in [5.74, 6) is 0.811. The highest BCUT2D eigenvalue weighted by Gasteiger charge is 2.13. The van der Waals surface area contributed by atoms with E-state index in [-0.39, 0.29) is 0 Å². The molecule has 0 saturated heterocycles. The van der Waals surface area contributed by atoms with Gasteiger partial charge in [-0.05, 0) is 36.4 Å². The Labute approximate surface area is 123 Å². The maximum absolute atomic E-state index is 6.33. The molecule has 0 fully saturated rings. The van der Waals surface area contributed by atoms with Crippen LogP contribution in [-0.2, 0) is 0 Å². The molecule has 0 bridgehead atoms. The third kappa shape index (κ3) is 2.25. The molecule has 1 aromatic heterocycles. The quantitative estimate of drug-likeness (QED) is 0.744. The van der Waals surface area contributed by atoms with E-state index >= 15 is 0 Å². The number of ether oxygens (including phenoxy) is 1. The van der Waals surface area contributed by atoms with Gasteiger partial charge in [0.15, 0.2) is 0 Å². The molecule has 1 heterocycles. The summed E-state index contributed by atoms with van der Waals surface area (Å²) in [6, 6.07) is 15.7. The number of rotatable bonds is 3. The minimum Gasteiger partial charge on any atom is -0.495 e. The van der Waals surface area contributed by atoms with Crippen LogP contribution in [0.1, 0.15) is 0 Å². The van der Waals surface area contributed by atoms with E-state index in [4.69, 9.17) is 10.5 Å². The van der Waals surface area contributed by atoms with Crippen molar-refractivity contribution in [1.82, 2.24) is 4.98 Å². The second-order valence-electron chi connectivity index (χ2n) is 4.80. The number of nitrogen functional groups attached to an aromatic ring is 1. The largest absolute Gasteiger partial charge is 0.495 e. The molecule has 2 N–H and O–H groups in total. The van der Waals surface area contributed by atoms with Crippen LogP contribution in [0, 0.1) is 0 Å². The number of para-hydroxylation sites is 2. The van der Waals surface area contributed by atoms with Crippen molar-refractivity contribution in [2.45, 2.75) is 0 Å². The first-order valence-corrected chi connectivity index (χ1v) is 6.72. The second-order valence-corrected chi connectivity index (χ2v) is 4.80. The van der Waals surface area contributed by atoms with Crippen LogP contribution in [0.2, 0.25) is 0 Å². The van der Waals surface area contributed by atoms with Crippen LogP contribution in [0.25, 0.3) is 10.9 Å². The minimum atomic E-state index is 0.717. The molecule has 0 radical (unpaired) electrons. The zero-order chi connectivity index (χ0) is 14.8. The molecule has 21 heavy (non-hydrogen) atoms. The summed E-state index contributed by atoms with van der Waals surface area (Å²) in [5.41, 5.74) is 9.84. The van der Waals surface area contributed by atoms with Crippen molar-refractivity contribution in [1.29, 1.82) is 0 Å². The van der Waals surface area contributed by atoms with Gasteiger partial charge in [-0.3, -0.25) is 4.98 Å². The van der Waals surface area contributed by atoms with E-state index in [1.54, 1.807) is 13.3 Å². The molecule has 0 saturated carbocycles. The lowest BCUT2D eigenvalue weighted by molar-refractivity contribution is 0.415. The zero-order valence-electron chi connectivity index (χ0n) is 12.1. The molecule has 0 spiro atoms. The Morgan fingerprint density at radius 2 is 1.81 bits per heavy atom. The number of fused-ring (bicyclic) bond motifs is 1. The Bertz CT molecular complexity index is 786. The third-order valence-electron chi connectivity index (χ3n) is 3.61. The molecule has 0 aliphatic heterocycles. The van der Waals surface area contributed by atoms with Crippen molar-refractivity contribution < 1.29 is 4.74 Å². The van der Waals surface area contributed by atoms with Crippen molar-refractivity contribution in [2.24, 2.45) is 0 Å². The van der Waals surface area contributed by atoms with Gasteiger partial charge in [-0.1, -0.05) is 12.1 Å². The first-order valence-electron chi connectivity index (χ1n) is 6.72. The van der Waals surface area contributed by atoms with Crippen LogP contribution in [0.5, 0.6) is 5.75 Å². The highest BCUT2D eigenvalue weighted by atomic mass is 16.5. The molecular weight excluding hydrogens is 262 g/mol. The van der Waals surface area contributed by atoms with Crippen LogP contribution in [0.15, 0.2) is 54.7 Å². The third-order valence-corrected chi connectivity index (χ3v) is 3.61. The van der Waals surface area contributed by atoms with E-state index in [9.17, 15) is 0 Å². The van der Waals surface area contributed by atoms with Crippen LogP contribution in [0.3, 0.4) is 0 Å². The molecule has 2 aromatic carbocycles. The average molecular weight is 279 g/mol. The Kier molecular flexibility index (Phi) is 3.36. The summed E-state index contributed by atoms with van der Waals surface area (Å²) in [5, 5.41) is 0.955.